The van der Waals surface area contributed by atoms with Crippen LogP contribution in [0.3, 0.4) is 0 Å². The van der Waals surface area contributed by atoms with E-state index in [1.807, 2.05) is 67.0 Å². The third-order valence-corrected chi connectivity index (χ3v) is 15.7. The molecule has 5 aromatic rings. The lowest BCUT2D eigenvalue weighted by molar-refractivity contribution is -0.144. The van der Waals surface area contributed by atoms with Gasteiger partial charge in [0.15, 0.2) is 5.82 Å². The van der Waals surface area contributed by atoms with Gasteiger partial charge in [-0.1, -0.05) is 61.8 Å². The highest BCUT2D eigenvalue weighted by Gasteiger charge is 2.55. The fourth-order valence-electron chi connectivity index (χ4n) is 12.4. The van der Waals surface area contributed by atoms with E-state index in [4.69, 9.17) is 31.0 Å². The molecule has 2 spiro atoms. The fraction of sp³-hybridized carbons (Fsp3) is 0.472. The number of benzene rings is 3. The van der Waals surface area contributed by atoms with E-state index in [2.05, 4.69) is 58.2 Å². The summed E-state index contributed by atoms with van der Waals surface area (Å²) in [5, 5.41) is 14.9. The van der Waals surface area contributed by atoms with Crippen molar-refractivity contribution in [1.29, 1.82) is 0 Å². The Kier molecular flexibility index (Phi) is 11.7. The summed E-state index contributed by atoms with van der Waals surface area (Å²) in [6.07, 6.45) is 11.9. The number of aryl methyl sites for hydroxylation is 1. The molecular formula is C53H61ClN6O4. The zero-order chi connectivity index (χ0) is 44.1. The van der Waals surface area contributed by atoms with Gasteiger partial charge in [-0.3, -0.25) is 14.8 Å². The molecule has 334 valence electrons. The van der Waals surface area contributed by atoms with E-state index < -0.39 is 11.5 Å². The zero-order valence-corrected chi connectivity index (χ0v) is 38.2. The molecule has 64 heavy (non-hydrogen) atoms. The second-order valence-corrected chi connectivity index (χ2v) is 20.5. The van der Waals surface area contributed by atoms with Crippen LogP contribution in [0.4, 0.5) is 5.69 Å². The predicted octanol–water partition coefficient (Wildman–Crippen LogP) is 9.98. The number of fused-ring (bicyclic) bond motifs is 3. The maximum Gasteiger partial charge on any atom is 0.329 e. The van der Waals surface area contributed by atoms with Gasteiger partial charge in [-0.05, 0) is 140 Å². The van der Waals surface area contributed by atoms with Crippen molar-refractivity contribution in [2.45, 2.75) is 102 Å². The molecule has 5 aliphatic rings. The van der Waals surface area contributed by atoms with Crippen molar-refractivity contribution in [2.75, 3.05) is 45.2 Å². The second-order valence-electron chi connectivity index (χ2n) is 20.0. The third-order valence-electron chi connectivity index (χ3n) is 15.4. The molecule has 11 heteroatoms. The van der Waals surface area contributed by atoms with Crippen LogP contribution in [0.5, 0.6) is 11.5 Å². The number of halogens is 1. The minimum absolute atomic E-state index is 0.101. The van der Waals surface area contributed by atoms with E-state index in [-0.39, 0.29) is 5.41 Å². The molecule has 2 aliphatic heterocycles. The van der Waals surface area contributed by atoms with Gasteiger partial charge in [0.25, 0.3) is 0 Å². The second kappa shape index (κ2) is 17.4. The maximum absolute atomic E-state index is 13.2. The monoisotopic (exact) mass is 880 g/mol. The van der Waals surface area contributed by atoms with Gasteiger partial charge in [-0.15, -0.1) is 0 Å². The van der Waals surface area contributed by atoms with Crippen LogP contribution >= 0.6 is 11.6 Å². The first-order valence-corrected chi connectivity index (χ1v) is 23.8. The van der Waals surface area contributed by atoms with Gasteiger partial charge in [0.05, 0.1) is 25.0 Å². The van der Waals surface area contributed by atoms with Crippen LogP contribution in [0.1, 0.15) is 98.4 Å². The predicted molar refractivity (Wildman–Crippen MR) is 251 cm³/mol. The number of carboxylic acid groups (broad SMARTS) is 1. The van der Waals surface area contributed by atoms with E-state index >= 15 is 0 Å². The Morgan fingerprint density at radius 1 is 0.922 bits per heavy atom. The van der Waals surface area contributed by atoms with Crippen molar-refractivity contribution in [1.82, 2.24) is 24.8 Å². The van der Waals surface area contributed by atoms with Crippen LogP contribution in [0.25, 0.3) is 11.4 Å². The lowest BCUT2D eigenvalue weighted by Crippen LogP contribution is -2.71. The quantitative estimate of drug-likeness (QED) is 0.112. The van der Waals surface area contributed by atoms with Crippen molar-refractivity contribution in [3.63, 3.8) is 0 Å². The summed E-state index contributed by atoms with van der Waals surface area (Å²) in [5.74, 6) is 2.87. The zero-order valence-electron chi connectivity index (χ0n) is 37.5. The Morgan fingerprint density at radius 3 is 2.48 bits per heavy atom. The first kappa shape index (κ1) is 42.9. The number of aliphatic carboxylic acids is 1. The van der Waals surface area contributed by atoms with Gasteiger partial charge in [0.1, 0.15) is 17.0 Å². The van der Waals surface area contributed by atoms with Crippen LogP contribution in [0.2, 0.25) is 5.02 Å². The molecule has 10 rings (SSSR count). The van der Waals surface area contributed by atoms with Crippen LogP contribution in [0.15, 0.2) is 91.3 Å². The Labute approximate surface area is 382 Å². The number of nitrogens with zero attached hydrogens (tertiary/aromatic N) is 5. The average molecular weight is 882 g/mol. The number of carboxylic acids is 1. The van der Waals surface area contributed by atoms with Gasteiger partial charge in [-0.25, -0.2) is 14.8 Å². The molecule has 0 bridgehead atoms. The number of hydrogen-bond acceptors (Lipinski definition) is 9. The number of ether oxygens (including phenoxy) is 2. The van der Waals surface area contributed by atoms with E-state index in [1.165, 1.54) is 40.8 Å². The largest absolute Gasteiger partial charge is 0.496 e. The molecular weight excluding hydrogens is 820 g/mol. The molecule has 3 atom stereocenters. The molecule has 2 aromatic heterocycles. The number of pyridine rings is 1. The molecule has 2 N–H and O–H groups in total. The van der Waals surface area contributed by atoms with Crippen LogP contribution in [0, 0.1) is 17.3 Å². The standard InChI is InChI=1S/C53H61ClN6O4/c1-35(30-64-47-17-23-55-45-12-6-8-36(2)48(45)47)24-39-26-38-15-14-37(25-44(38)52(39)18-20-53(21-19-52,50(61)62)58-41-10-7-9-40(54)27-41)28-59-31-51(32-59)33-60(34-51)29-42-16-22-56-49(57-42)43-11-4-5-13-46(43)63-3/h4-5,7,9-11,13-17,22-23,25,27,35-36,39,58H,6,8,12,18-21,24,26,28-34H2,1-3H3,(H,61,62)/t35-,36-,39?,52?,53?/m1/s1. The number of para-hydroxylation sites is 1. The topological polar surface area (TPSA) is 113 Å². The Hall–Kier alpha value is -5.03. The first-order valence-electron chi connectivity index (χ1n) is 23.4. The van der Waals surface area contributed by atoms with Gasteiger partial charge in [0.2, 0.25) is 0 Å². The Bertz CT molecular complexity index is 2510. The molecule has 2 saturated heterocycles. The maximum atomic E-state index is 13.2. The smallest absolute Gasteiger partial charge is 0.329 e. The summed E-state index contributed by atoms with van der Waals surface area (Å²) in [6.45, 7) is 11.4. The van der Waals surface area contributed by atoms with Crippen molar-refractivity contribution in [2.24, 2.45) is 17.3 Å². The van der Waals surface area contributed by atoms with Gasteiger partial charge >= 0.3 is 5.97 Å². The minimum Gasteiger partial charge on any atom is -0.496 e. The SMILES string of the molecule is COc1ccccc1-c1nccc(CN2CC3(CN(Cc4ccc5c(c4)C4(CCC(Nc6cccc(Cl)c6)(C(=O)O)CC4)C(C[C@@H](C)COc4ccnc6c4[C@H](C)CCC6)C5)C3)C2)n1. The van der Waals surface area contributed by atoms with Crippen molar-refractivity contribution in [3.05, 3.63) is 130 Å². The van der Waals surface area contributed by atoms with Crippen LogP contribution in [-0.4, -0.2) is 81.3 Å². The van der Waals surface area contributed by atoms with E-state index in [0.717, 1.165) is 99.8 Å². The highest BCUT2D eigenvalue weighted by molar-refractivity contribution is 6.30. The summed E-state index contributed by atoms with van der Waals surface area (Å²) >= 11 is 6.36. The minimum atomic E-state index is -1.06. The van der Waals surface area contributed by atoms with Gasteiger partial charge in [0, 0.05) is 79.0 Å². The number of nitrogens with one attached hydrogen (secondary N) is 1. The molecule has 3 aromatic carbocycles. The number of aromatic nitrogens is 3. The molecule has 0 amide bonds. The number of likely N-dealkylation sites (tertiary alicyclic amines) is 2. The number of hydrogen-bond donors (Lipinski definition) is 2. The van der Waals surface area contributed by atoms with Gasteiger partial charge < -0.3 is 19.9 Å². The summed E-state index contributed by atoms with van der Waals surface area (Å²) in [7, 11) is 1.68. The third kappa shape index (κ3) is 8.26. The Balaban J connectivity index is 0.819. The summed E-state index contributed by atoms with van der Waals surface area (Å²) < 4.78 is 12.2. The average Bonchev–Trinajstić information content (AvgIpc) is 3.55. The van der Waals surface area contributed by atoms with Crippen LogP contribution < -0.4 is 14.8 Å². The van der Waals surface area contributed by atoms with E-state index in [9.17, 15) is 9.90 Å². The molecule has 1 unspecified atom stereocenters. The fourth-order valence-corrected chi connectivity index (χ4v) is 12.6. The number of methoxy groups -OCH3 is 1. The van der Waals surface area contributed by atoms with Crippen LogP contribution in [-0.2, 0) is 36.1 Å². The molecule has 1 saturated carbocycles. The summed E-state index contributed by atoms with van der Waals surface area (Å²) in [4.78, 5) is 32.5. The number of carbonyl (C=O) groups is 1. The number of anilines is 1. The molecule has 4 heterocycles. The molecule has 0 radical (unpaired) electrons. The van der Waals surface area contributed by atoms with Crippen molar-refractivity contribution < 1.29 is 19.4 Å². The van der Waals surface area contributed by atoms with Crippen molar-refractivity contribution in [3.8, 4) is 22.9 Å². The number of rotatable bonds is 14. The highest BCUT2D eigenvalue weighted by atomic mass is 35.5. The molecule has 3 aliphatic carbocycles. The highest BCUT2D eigenvalue weighted by Crippen LogP contribution is 2.56. The molecule has 10 nitrogen and oxygen atoms in total. The van der Waals surface area contributed by atoms with Gasteiger partial charge in [-0.2, -0.15) is 0 Å². The van der Waals surface area contributed by atoms with E-state index in [0.29, 0.717) is 53.5 Å². The van der Waals surface area contributed by atoms with Crippen molar-refractivity contribution >= 4 is 23.3 Å². The lowest BCUT2D eigenvalue weighted by Gasteiger charge is -2.60. The summed E-state index contributed by atoms with van der Waals surface area (Å²) in [6, 6.07) is 26.7. The Morgan fingerprint density at radius 2 is 1.70 bits per heavy atom. The molecule has 3 fully saturated rings. The van der Waals surface area contributed by atoms with E-state index in [1.54, 1.807) is 7.11 Å². The first-order chi connectivity index (χ1) is 31.0. The lowest BCUT2D eigenvalue weighted by atomic mass is 9.59. The summed E-state index contributed by atoms with van der Waals surface area (Å²) in [5.41, 5.74) is 8.60. The normalized spacial score (nSPS) is 25.2.